The number of fused-ring (bicyclic) bond motifs is 1. The highest BCUT2D eigenvalue weighted by atomic mass is 16.5. The van der Waals surface area contributed by atoms with Crippen molar-refractivity contribution in [2.45, 2.75) is 6.04 Å². The van der Waals surface area contributed by atoms with E-state index >= 15 is 0 Å². The van der Waals surface area contributed by atoms with Crippen molar-refractivity contribution in [2.75, 3.05) is 33.3 Å². The minimum absolute atomic E-state index is 0.0880. The summed E-state index contributed by atoms with van der Waals surface area (Å²) in [5.74, 6) is -0.848. The third-order valence-electron chi connectivity index (χ3n) is 4.35. The number of urea groups is 1. The zero-order valence-electron chi connectivity index (χ0n) is 13.7. The second kappa shape index (κ2) is 6.42. The average Bonchev–Trinajstić information content (AvgIpc) is 2.85. The van der Waals surface area contributed by atoms with Crippen LogP contribution < -0.4 is 10.5 Å². The lowest BCUT2D eigenvalue weighted by Crippen LogP contribution is -2.54. The molecule has 1 unspecified atom stereocenters. The number of nitrogens with two attached hydrogens (primary N) is 1. The Morgan fingerprint density at radius 1 is 1.20 bits per heavy atom. The number of rotatable bonds is 4. The largest absolute Gasteiger partial charge is 0.497 e. The molecule has 1 atom stereocenters. The number of piperazine rings is 1. The van der Waals surface area contributed by atoms with Gasteiger partial charge in [-0.15, -0.1) is 0 Å². The Bertz CT molecular complexity index is 733. The SMILES string of the molecule is COc1ccc(C(=O)N2CCN3C(=O)N(CC(N)=O)C(=O)C3C2)cc1. The number of hydrogen-bond acceptors (Lipinski definition) is 5. The molecular formula is C16H18N4O5. The van der Waals surface area contributed by atoms with E-state index in [0.29, 0.717) is 17.9 Å². The van der Waals surface area contributed by atoms with Crippen LogP contribution >= 0.6 is 0 Å². The molecule has 3 rings (SSSR count). The Balaban J connectivity index is 1.73. The molecule has 2 N–H and O–H groups in total. The molecule has 0 bridgehead atoms. The van der Waals surface area contributed by atoms with Crippen molar-refractivity contribution in [3.8, 4) is 5.75 Å². The first kappa shape index (κ1) is 16.7. The van der Waals surface area contributed by atoms with Crippen LogP contribution in [0.25, 0.3) is 0 Å². The molecule has 0 radical (unpaired) electrons. The smallest absolute Gasteiger partial charge is 0.328 e. The van der Waals surface area contributed by atoms with Crippen molar-refractivity contribution in [1.29, 1.82) is 0 Å². The quantitative estimate of drug-likeness (QED) is 0.722. The summed E-state index contributed by atoms with van der Waals surface area (Å²) in [6.07, 6.45) is 0. The number of carbonyl (C=O) groups is 4. The number of nitrogens with zero attached hydrogens (tertiary/aromatic N) is 3. The summed E-state index contributed by atoms with van der Waals surface area (Å²) in [5, 5.41) is 0. The lowest BCUT2D eigenvalue weighted by Gasteiger charge is -2.35. The minimum atomic E-state index is -0.775. The highest BCUT2D eigenvalue weighted by Crippen LogP contribution is 2.23. The van der Waals surface area contributed by atoms with E-state index in [-0.39, 0.29) is 19.0 Å². The van der Waals surface area contributed by atoms with Gasteiger partial charge in [0.2, 0.25) is 5.91 Å². The van der Waals surface area contributed by atoms with Crippen LogP contribution in [0.15, 0.2) is 24.3 Å². The summed E-state index contributed by atoms with van der Waals surface area (Å²) in [5.41, 5.74) is 5.56. The molecular weight excluding hydrogens is 328 g/mol. The van der Waals surface area contributed by atoms with Crippen LogP contribution in [0.5, 0.6) is 5.75 Å². The second-order valence-electron chi connectivity index (χ2n) is 5.86. The van der Waals surface area contributed by atoms with Gasteiger partial charge in [0.05, 0.1) is 13.7 Å². The van der Waals surface area contributed by atoms with Crippen molar-refractivity contribution in [1.82, 2.24) is 14.7 Å². The first-order chi connectivity index (χ1) is 11.9. The van der Waals surface area contributed by atoms with E-state index < -0.39 is 30.4 Å². The van der Waals surface area contributed by atoms with Gasteiger partial charge in [-0.3, -0.25) is 19.3 Å². The van der Waals surface area contributed by atoms with Gasteiger partial charge in [0.1, 0.15) is 18.3 Å². The topological polar surface area (TPSA) is 113 Å². The standard InChI is InChI=1S/C16H18N4O5/c1-25-11-4-2-10(3-5-11)14(22)18-6-7-19-12(8-18)15(23)20(16(19)24)9-13(17)21/h2-5,12H,6-9H2,1H3,(H2,17,21). The van der Waals surface area contributed by atoms with Crippen LogP contribution in [0.2, 0.25) is 0 Å². The molecule has 2 heterocycles. The number of hydrogen-bond donors (Lipinski definition) is 1. The van der Waals surface area contributed by atoms with Gasteiger partial charge in [0.15, 0.2) is 0 Å². The van der Waals surface area contributed by atoms with Crippen LogP contribution in [0.4, 0.5) is 4.79 Å². The van der Waals surface area contributed by atoms with Gasteiger partial charge in [-0.25, -0.2) is 4.79 Å². The maximum Gasteiger partial charge on any atom is 0.328 e. The van der Waals surface area contributed by atoms with Gasteiger partial charge in [0, 0.05) is 18.7 Å². The number of imide groups is 1. The van der Waals surface area contributed by atoms with Gasteiger partial charge in [-0.05, 0) is 24.3 Å². The van der Waals surface area contributed by atoms with Gasteiger partial charge in [-0.2, -0.15) is 0 Å². The number of primary amides is 1. The molecule has 5 amide bonds. The lowest BCUT2D eigenvalue weighted by atomic mass is 10.1. The molecule has 0 saturated carbocycles. The Morgan fingerprint density at radius 3 is 2.48 bits per heavy atom. The molecule has 9 nitrogen and oxygen atoms in total. The normalized spacial score (nSPS) is 19.9. The molecule has 2 aliphatic rings. The monoisotopic (exact) mass is 346 g/mol. The van der Waals surface area contributed by atoms with Gasteiger partial charge < -0.3 is 20.3 Å². The fourth-order valence-electron chi connectivity index (χ4n) is 3.05. The number of benzene rings is 1. The molecule has 0 spiro atoms. The van der Waals surface area contributed by atoms with Crippen LogP contribution in [0, 0.1) is 0 Å². The van der Waals surface area contributed by atoms with E-state index in [1.807, 2.05) is 0 Å². The van der Waals surface area contributed by atoms with Crippen molar-refractivity contribution in [3.05, 3.63) is 29.8 Å². The zero-order chi connectivity index (χ0) is 18.1. The van der Waals surface area contributed by atoms with Gasteiger partial charge in [-0.1, -0.05) is 0 Å². The van der Waals surface area contributed by atoms with Crippen LogP contribution in [0.1, 0.15) is 10.4 Å². The van der Waals surface area contributed by atoms with E-state index in [9.17, 15) is 19.2 Å². The molecule has 0 aromatic heterocycles. The highest BCUT2D eigenvalue weighted by molar-refractivity contribution is 6.07. The Hall–Kier alpha value is -3.10. The molecule has 1 aromatic carbocycles. The molecule has 0 aliphatic carbocycles. The first-order valence-corrected chi connectivity index (χ1v) is 7.76. The maximum absolute atomic E-state index is 12.6. The molecule has 25 heavy (non-hydrogen) atoms. The van der Waals surface area contributed by atoms with E-state index in [1.165, 1.54) is 16.9 Å². The Morgan fingerprint density at radius 2 is 1.88 bits per heavy atom. The molecule has 9 heteroatoms. The summed E-state index contributed by atoms with van der Waals surface area (Å²) >= 11 is 0. The summed E-state index contributed by atoms with van der Waals surface area (Å²) in [7, 11) is 1.54. The average molecular weight is 346 g/mol. The van der Waals surface area contributed by atoms with E-state index in [1.54, 1.807) is 24.3 Å². The predicted octanol–water partition coefficient (Wildman–Crippen LogP) is -0.731. The van der Waals surface area contributed by atoms with E-state index in [2.05, 4.69) is 0 Å². The van der Waals surface area contributed by atoms with Gasteiger partial charge >= 0.3 is 6.03 Å². The summed E-state index contributed by atoms with van der Waals surface area (Å²) in [6.45, 7) is 0.180. The number of amides is 5. The van der Waals surface area contributed by atoms with Crippen molar-refractivity contribution in [3.63, 3.8) is 0 Å². The van der Waals surface area contributed by atoms with Crippen LogP contribution in [-0.4, -0.2) is 77.8 Å². The summed E-state index contributed by atoms with van der Waals surface area (Å²) < 4.78 is 5.06. The first-order valence-electron chi connectivity index (χ1n) is 7.76. The van der Waals surface area contributed by atoms with E-state index in [4.69, 9.17) is 10.5 Å². The van der Waals surface area contributed by atoms with Crippen molar-refractivity contribution >= 4 is 23.8 Å². The number of methoxy groups -OCH3 is 1. The van der Waals surface area contributed by atoms with Gasteiger partial charge in [0.25, 0.3) is 11.8 Å². The summed E-state index contributed by atoms with van der Waals surface area (Å²) in [4.78, 5) is 52.0. The third-order valence-corrected chi connectivity index (χ3v) is 4.35. The van der Waals surface area contributed by atoms with Crippen LogP contribution in [-0.2, 0) is 9.59 Å². The molecule has 2 saturated heterocycles. The fourth-order valence-corrected chi connectivity index (χ4v) is 3.05. The Labute approximate surface area is 143 Å². The minimum Gasteiger partial charge on any atom is -0.497 e. The molecule has 1 aromatic rings. The molecule has 2 fully saturated rings. The summed E-state index contributed by atoms with van der Waals surface area (Å²) in [6, 6.07) is 5.35. The second-order valence-corrected chi connectivity index (χ2v) is 5.86. The number of carbonyl (C=O) groups excluding carboxylic acids is 4. The van der Waals surface area contributed by atoms with Crippen molar-refractivity contribution in [2.24, 2.45) is 5.73 Å². The lowest BCUT2D eigenvalue weighted by molar-refractivity contribution is -0.132. The molecule has 2 aliphatic heterocycles. The van der Waals surface area contributed by atoms with E-state index in [0.717, 1.165) is 4.90 Å². The van der Waals surface area contributed by atoms with Crippen LogP contribution in [0.3, 0.4) is 0 Å². The van der Waals surface area contributed by atoms with Crippen molar-refractivity contribution < 1.29 is 23.9 Å². The fraction of sp³-hybridized carbons (Fsp3) is 0.375. The highest BCUT2D eigenvalue weighted by Gasteiger charge is 2.48. The molecule has 132 valence electrons. The zero-order valence-corrected chi connectivity index (χ0v) is 13.7. The predicted molar refractivity (Wildman–Crippen MR) is 85.7 cm³/mol. The number of ether oxygens (including phenoxy) is 1. The third kappa shape index (κ3) is 3.00. The maximum atomic E-state index is 12.6. The Kier molecular flexibility index (Phi) is 4.30.